The number of hydrogen-bond donors (Lipinski definition) is 1. The zero-order valence-electron chi connectivity index (χ0n) is 11.5. The highest BCUT2D eigenvalue weighted by molar-refractivity contribution is 7.89. The first kappa shape index (κ1) is 14.7. The summed E-state index contributed by atoms with van der Waals surface area (Å²) < 4.78 is 26.9. The van der Waals surface area contributed by atoms with Crippen LogP contribution in [0, 0.1) is 0 Å². The highest BCUT2D eigenvalue weighted by Crippen LogP contribution is 2.33. The Labute approximate surface area is 128 Å². The molecular weight excluding hydrogens is 306 g/mol. The van der Waals surface area contributed by atoms with Crippen LogP contribution in [0.5, 0.6) is 0 Å². The number of aliphatic hydroxyl groups excluding tert-OH is 1. The van der Waals surface area contributed by atoms with E-state index in [4.69, 9.17) is 0 Å². The lowest BCUT2D eigenvalue weighted by Crippen LogP contribution is -2.29. The van der Waals surface area contributed by atoms with Crippen LogP contribution in [0.1, 0.15) is 22.8 Å². The fourth-order valence-corrected chi connectivity index (χ4v) is 5.52. The normalized spacial score (nSPS) is 20.0. The Bertz CT molecular complexity index is 710. The van der Waals surface area contributed by atoms with Crippen LogP contribution in [0.2, 0.25) is 0 Å². The van der Waals surface area contributed by atoms with Crippen LogP contribution in [-0.4, -0.2) is 30.9 Å². The molecule has 0 spiro atoms. The lowest BCUT2D eigenvalue weighted by Gasteiger charge is -2.17. The minimum atomic E-state index is -3.50. The van der Waals surface area contributed by atoms with Crippen molar-refractivity contribution in [1.29, 1.82) is 0 Å². The zero-order chi connectivity index (χ0) is 14.9. The van der Waals surface area contributed by atoms with Gasteiger partial charge in [0.25, 0.3) is 0 Å². The van der Waals surface area contributed by atoms with Gasteiger partial charge in [-0.1, -0.05) is 30.3 Å². The van der Waals surface area contributed by atoms with E-state index >= 15 is 0 Å². The minimum Gasteiger partial charge on any atom is -0.391 e. The third-order valence-electron chi connectivity index (χ3n) is 3.89. The van der Waals surface area contributed by atoms with Gasteiger partial charge in [0.1, 0.15) is 0 Å². The SMILES string of the molecule is O=S(=O)(c1ccsc1CO)N1CCC(c2ccccc2)C1. The molecule has 6 heteroatoms. The summed E-state index contributed by atoms with van der Waals surface area (Å²) in [5, 5.41) is 11.0. The van der Waals surface area contributed by atoms with Crippen LogP contribution in [0.3, 0.4) is 0 Å². The van der Waals surface area contributed by atoms with Crippen molar-refractivity contribution in [2.75, 3.05) is 13.1 Å². The smallest absolute Gasteiger partial charge is 0.244 e. The van der Waals surface area contributed by atoms with Crippen molar-refractivity contribution in [1.82, 2.24) is 4.31 Å². The Balaban J connectivity index is 1.83. The third-order valence-corrected chi connectivity index (χ3v) is 6.87. The molecule has 2 aromatic rings. The van der Waals surface area contributed by atoms with Gasteiger partial charge in [-0.15, -0.1) is 11.3 Å². The first-order chi connectivity index (χ1) is 10.1. The van der Waals surface area contributed by atoms with E-state index in [1.54, 1.807) is 11.4 Å². The van der Waals surface area contributed by atoms with Gasteiger partial charge in [0.15, 0.2) is 0 Å². The third kappa shape index (κ3) is 2.76. The molecule has 1 aromatic heterocycles. The van der Waals surface area contributed by atoms with Crippen LogP contribution in [0.25, 0.3) is 0 Å². The minimum absolute atomic E-state index is 0.234. The Kier molecular flexibility index (Phi) is 4.12. The van der Waals surface area contributed by atoms with Crippen molar-refractivity contribution >= 4 is 21.4 Å². The number of benzene rings is 1. The van der Waals surface area contributed by atoms with Crippen LogP contribution < -0.4 is 0 Å². The Morgan fingerprint density at radius 1 is 1.24 bits per heavy atom. The zero-order valence-corrected chi connectivity index (χ0v) is 13.1. The van der Waals surface area contributed by atoms with Crippen molar-refractivity contribution in [3.05, 3.63) is 52.2 Å². The molecule has 1 aliphatic heterocycles. The highest BCUT2D eigenvalue weighted by Gasteiger charge is 2.34. The van der Waals surface area contributed by atoms with Crippen LogP contribution >= 0.6 is 11.3 Å². The topological polar surface area (TPSA) is 57.6 Å². The largest absolute Gasteiger partial charge is 0.391 e. The van der Waals surface area contributed by atoms with Gasteiger partial charge in [0.2, 0.25) is 10.0 Å². The summed E-state index contributed by atoms with van der Waals surface area (Å²) >= 11 is 1.28. The van der Waals surface area contributed by atoms with Gasteiger partial charge in [0, 0.05) is 18.0 Å². The molecule has 0 saturated carbocycles. The van der Waals surface area contributed by atoms with E-state index in [2.05, 4.69) is 0 Å². The summed E-state index contributed by atoms with van der Waals surface area (Å²) in [7, 11) is -3.50. The maximum Gasteiger partial charge on any atom is 0.244 e. The molecule has 4 nitrogen and oxygen atoms in total. The van der Waals surface area contributed by atoms with E-state index in [1.165, 1.54) is 21.2 Å². The Morgan fingerprint density at radius 3 is 2.71 bits per heavy atom. The van der Waals surface area contributed by atoms with Crippen LogP contribution in [0.4, 0.5) is 0 Å². The van der Waals surface area contributed by atoms with E-state index in [-0.39, 0.29) is 17.4 Å². The van der Waals surface area contributed by atoms with Gasteiger partial charge in [-0.05, 0) is 29.3 Å². The highest BCUT2D eigenvalue weighted by atomic mass is 32.2. The number of rotatable bonds is 4. The fraction of sp³-hybridized carbons (Fsp3) is 0.333. The Hall–Kier alpha value is -1.21. The van der Waals surface area contributed by atoms with Crippen LogP contribution in [-0.2, 0) is 16.6 Å². The summed E-state index contributed by atoms with van der Waals surface area (Å²) in [4.78, 5) is 0.766. The molecule has 112 valence electrons. The number of hydrogen-bond acceptors (Lipinski definition) is 4. The van der Waals surface area contributed by atoms with Gasteiger partial charge in [-0.25, -0.2) is 8.42 Å². The second kappa shape index (κ2) is 5.88. The summed E-state index contributed by atoms with van der Waals surface area (Å²) in [5.41, 5.74) is 1.18. The predicted molar refractivity (Wildman–Crippen MR) is 82.8 cm³/mol. The molecule has 1 N–H and O–H groups in total. The van der Waals surface area contributed by atoms with E-state index < -0.39 is 10.0 Å². The van der Waals surface area contributed by atoms with Gasteiger partial charge < -0.3 is 5.11 Å². The first-order valence-corrected chi connectivity index (χ1v) is 9.17. The standard InChI is InChI=1S/C15H17NO3S2/c17-11-14-15(7-9-20-14)21(18,19)16-8-6-13(10-16)12-4-2-1-3-5-12/h1-5,7,9,13,17H,6,8,10-11H2. The van der Waals surface area contributed by atoms with Gasteiger partial charge in [-0.3, -0.25) is 0 Å². The number of aliphatic hydroxyl groups is 1. The lowest BCUT2D eigenvalue weighted by molar-refractivity contribution is 0.282. The molecule has 1 atom stereocenters. The molecule has 1 saturated heterocycles. The Morgan fingerprint density at radius 2 is 2.00 bits per heavy atom. The summed E-state index contributed by atoms with van der Waals surface area (Å²) in [6, 6.07) is 11.6. The van der Waals surface area contributed by atoms with Crippen molar-refractivity contribution in [2.24, 2.45) is 0 Å². The molecule has 3 rings (SSSR count). The number of nitrogens with zero attached hydrogens (tertiary/aromatic N) is 1. The molecular formula is C15H17NO3S2. The molecule has 21 heavy (non-hydrogen) atoms. The summed E-state index contributed by atoms with van der Waals surface area (Å²) in [5.74, 6) is 0.247. The van der Waals surface area contributed by atoms with Crippen molar-refractivity contribution in [2.45, 2.75) is 23.8 Å². The van der Waals surface area contributed by atoms with Crippen molar-refractivity contribution < 1.29 is 13.5 Å². The van der Waals surface area contributed by atoms with Crippen molar-refractivity contribution in [3.8, 4) is 0 Å². The molecule has 1 fully saturated rings. The molecule has 1 aliphatic rings. The average molecular weight is 323 g/mol. The average Bonchev–Trinajstić information content (AvgIpc) is 3.17. The maximum absolute atomic E-state index is 12.7. The van der Waals surface area contributed by atoms with E-state index in [0.29, 0.717) is 18.0 Å². The number of sulfonamides is 1. The van der Waals surface area contributed by atoms with E-state index in [0.717, 1.165) is 6.42 Å². The van der Waals surface area contributed by atoms with Crippen LogP contribution in [0.15, 0.2) is 46.7 Å². The van der Waals surface area contributed by atoms with Gasteiger partial charge in [-0.2, -0.15) is 4.31 Å². The first-order valence-electron chi connectivity index (χ1n) is 6.85. The second-order valence-electron chi connectivity index (χ2n) is 5.13. The monoisotopic (exact) mass is 323 g/mol. The molecule has 1 unspecified atom stereocenters. The lowest BCUT2D eigenvalue weighted by atomic mass is 9.99. The van der Waals surface area contributed by atoms with Gasteiger partial charge >= 0.3 is 0 Å². The molecule has 0 aliphatic carbocycles. The van der Waals surface area contributed by atoms with Crippen molar-refractivity contribution in [3.63, 3.8) is 0 Å². The molecule has 0 bridgehead atoms. The summed E-state index contributed by atoms with van der Waals surface area (Å²) in [6.45, 7) is 0.803. The molecule has 0 radical (unpaired) electrons. The van der Waals surface area contributed by atoms with Gasteiger partial charge in [0.05, 0.1) is 11.5 Å². The van der Waals surface area contributed by atoms with E-state index in [1.807, 2.05) is 30.3 Å². The molecule has 0 amide bonds. The quantitative estimate of drug-likeness (QED) is 0.940. The molecule has 2 heterocycles. The summed E-state index contributed by atoms with van der Waals surface area (Å²) in [6.07, 6.45) is 0.835. The number of thiophene rings is 1. The fourth-order valence-electron chi connectivity index (χ4n) is 2.76. The maximum atomic E-state index is 12.7. The molecule has 1 aromatic carbocycles. The predicted octanol–water partition coefficient (Wildman–Crippen LogP) is 2.42. The van der Waals surface area contributed by atoms with E-state index in [9.17, 15) is 13.5 Å². The second-order valence-corrected chi connectivity index (χ2v) is 8.03.